The van der Waals surface area contributed by atoms with Gasteiger partial charge in [-0.2, -0.15) is 0 Å². The van der Waals surface area contributed by atoms with Crippen LogP contribution in [0.5, 0.6) is 0 Å². The van der Waals surface area contributed by atoms with E-state index in [-0.39, 0.29) is 0 Å². The first kappa shape index (κ1) is 7.92. The number of rotatable bonds is 0. The monoisotopic (exact) mass is 194 g/mol. The zero-order valence-corrected chi connectivity index (χ0v) is 8.68. The van der Waals surface area contributed by atoms with E-state index < -0.39 is 0 Å². The molecule has 3 heteroatoms. The van der Waals surface area contributed by atoms with Gasteiger partial charge in [0.2, 0.25) is 0 Å². The number of allylic oxidation sites excluding steroid dienone is 1. The van der Waals surface area contributed by atoms with E-state index in [9.17, 15) is 0 Å². The fourth-order valence-corrected chi connectivity index (χ4v) is 3.56. The van der Waals surface area contributed by atoms with Crippen LogP contribution in [-0.2, 0) is 0 Å². The van der Waals surface area contributed by atoms with Crippen molar-refractivity contribution in [1.29, 1.82) is 0 Å². The SMILES string of the molecule is CC1=CSC2=N[C@@H]3CCCC[C@@H]3N12. The summed E-state index contributed by atoms with van der Waals surface area (Å²) in [5.41, 5.74) is 1.40. The molecule has 0 aromatic rings. The lowest BCUT2D eigenvalue weighted by molar-refractivity contribution is 0.284. The molecule has 2 nitrogen and oxygen atoms in total. The van der Waals surface area contributed by atoms with Crippen LogP contribution in [0.3, 0.4) is 0 Å². The van der Waals surface area contributed by atoms with Gasteiger partial charge in [0, 0.05) is 5.70 Å². The van der Waals surface area contributed by atoms with Gasteiger partial charge in [-0.1, -0.05) is 24.6 Å². The largest absolute Gasteiger partial charge is 0.319 e. The second-order valence-corrected chi connectivity index (χ2v) is 4.91. The summed E-state index contributed by atoms with van der Waals surface area (Å²) in [6.07, 6.45) is 5.40. The zero-order valence-electron chi connectivity index (χ0n) is 7.86. The zero-order chi connectivity index (χ0) is 8.84. The standard InChI is InChI=1S/C10H14N2S/c1-7-6-13-10-11-8-4-2-3-5-9(8)12(7)10/h6,8-9H,2-5H2,1H3/t8-,9+/m1/s1. The third-order valence-corrected chi connectivity index (χ3v) is 4.19. The summed E-state index contributed by atoms with van der Waals surface area (Å²) in [4.78, 5) is 7.23. The number of hydrogen-bond acceptors (Lipinski definition) is 3. The van der Waals surface area contributed by atoms with Gasteiger partial charge in [0.25, 0.3) is 0 Å². The number of hydrogen-bond donors (Lipinski definition) is 0. The average Bonchev–Trinajstić information content (AvgIpc) is 2.66. The molecule has 0 unspecified atom stereocenters. The summed E-state index contributed by atoms with van der Waals surface area (Å²) in [6, 6.07) is 1.31. The minimum absolute atomic E-state index is 0.611. The molecular weight excluding hydrogens is 180 g/mol. The van der Waals surface area contributed by atoms with Crippen molar-refractivity contribution < 1.29 is 0 Å². The molecule has 3 rings (SSSR count). The van der Waals surface area contributed by atoms with Gasteiger partial charge in [-0.15, -0.1) is 0 Å². The van der Waals surface area contributed by atoms with Gasteiger partial charge in [-0.3, -0.25) is 4.99 Å². The van der Waals surface area contributed by atoms with Gasteiger partial charge in [-0.05, 0) is 25.2 Å². The first-order chi connectivity index (χ1) is 6.36. The van der Waals surface area contributed by atoms with E-state index in [0.29, 0.717) is 12.1 Å². The lowest BCUT2D eigenvalue weighted by Crippen LogP contribution is -2.37. The van der Waals surface area contributed by atoms with E-state index in [4.69, 9.17) is 4.99 Å². The van der Waals surface area contributed by atoms with E-state index in [0.717, 1.165) is 0 Å². The van der Waals surface area contributed by atoms with Gasteiger partial charge in [0.15, 0.2) is 5.17 Å². The Hall–Kier alpha value is -0.440. The van der Waals surface area contributed by atoms with Crippen LogP contribution in [0.25, 0.3) is 0 Å². The second-order valence-electron chi connectivity index (χ2n) is 4.08. The van der Waals surface area contributed by atoms with Crippen molar-refractivity contribution in [2.45, 2.75) is 44.7 Å². The highest BCUT2D eigenvalue weighted by atomic mass is 32.2. The Kier molecular flexibility index (Phi) is 1.69. The lowest BCUT2D eigenvalue weighted by atomic mass is 9.91. The van der Waals surface area contributed by atoms with Crippen LogP contribution in [0.4, 0.5) is 0 Å². The summed E-state index contributed by atoms with van der Waals surface area (Å²) in [5, 5.41) is 3.48. The molecule has 3 aliphatic rings. The molecule has 70 valence electrons. The molecule has 0 saturated heterocycles. The minimum Gasteiger partial charge on any atom is -0.319 e. The minimum atomic E-state index is 0.611. The molecule has 0 amide bonds. The number of thioether (sulfide) groups is 1. The molecule has 2 heterocycles. The molecule has 1 saturated carbocycles. The Morgan fingerprint density at radius 2 is 2.31 bits per heavy atom. The molecule has 0 radical (unpaired) electrons. The molecule has 0 aromatic heterocycles. The lowest BCUT2D eigenvalue weighted by Gasteiger charge is -2.30. The highest BCUT2D eigenvalue weighted by molar-refractivity contribution is 8.16. The Balaban J connectivity index is 1.91. The highest BCUT2D eigenvalue weighted by Crippen LogP contribution is 2.40. The molecule has 0 aromatic carbocycles. The van der Waals surface area contributed by atoms with Gasteiger partial charge in [-0.25, -0.2) is 0 Å². The quantitative estimate of drug-likeness (QED) is 0.589. The molecule has 0 spiro atoms. The summed E-state index contributed by atoms with van der Waals surface area (Å²) in [7, 11) is 0. The summed E-state index contributed by atoms with van der Waals surface area (Å²) < 4.78 is 0. The first-order valence-electron chi connectivity index (χ1n) is 5.07. The van der Waals surface area contributed by atoms with Crippen LogP contribution in [0.1, 0.15) is 32.6 Å². The van der Waals surface area contributed by atoms with Crippen LogP contribution in [0, 0.1) is 0 Å². The number of aliphatic imine (C=N–C) groups is 1. The fourth-order valence-electron chi connectivity index (χ4n) is 2.58. The van der Waals surface area contributed by atoms with E-state index in [1.54, 1.807) is 11.8 Å². The van der Waals surface area contributed by atoms with Crippen molar-refractivity contribution in [2.24, 2.45) is 4.99 Å². The average molecular weight is 194 g/mol. The molecule has 2 atom stereocenters. The third-order valence-electron chi connectivity index (χ3n) is 3.22. The predicted octanol–water partition coefficient (Wildman–Crippen LogP) is 2.58. The Labute approximate surface area is 83.1 Å². The topological polar surface area (TPSA) is 15.6 Å². The molecule has 13 heavy (non-hydrogen) atoms. The van der Waals surface area contributed by atoms with Crippen molar-refractivity contribution in [3.05, 3.63) is 11.1 Å². The fraction of sp³-hybridized carbons (Fsp3) is 0.700. The molecule has 1 aliphatic carbocycles. The Morgan fingerprint density at radius 1 is 1.46 bits per heavy atom. The van der Waals surface area contributed by atoms with Crippen LogP contribution < -0.4 is 0 Å². The van der Waals surface area contributed by atoms with E-state index >= 15 is 0 Å². The van der Waals surface area contributed by atoms with Crippen LogP contribution in [0.2, 0.25) is 0 Å². The molecule has 1 fully saturated rings. The first-order valence-corrected chi connectivity index (χ1v) is 5.95. The van der Waals surface area contributed by atoms with Crippen molar-refractivity contribution in [3.63, 3.8) is 0 Å². The molecule has 2 aliphatic heterocycles. The van der Waals surface area contributed by atoms with Gasteiger partial charge in [0.1, 0.15) is 0 Å². The van der Waals surface area contributed by atoms with Crippen molar-refractivity contribution in [3.8, 4) is 0 Å². The summed E-state index contributed by atoms with van der Waals surface area (Å²) >= 11 is 1.80. The summed E-state index contributed by atoms with van der Waals surface area (Å²) in [6.45, 7) is 2.20. The van der Waals surface area contributed by atoms with Gasteiger partial charge >= 0.3 is 0 Å². The number of amidine groups is 1. The maximum Gasteiger partial charge on any atom is 0.168 e. The Bertz CT molecular complexity index is 295. The number of fused-ring (bicyclic) bond motifs is 3. The van der Waals surface area contributed by atoms with Crippen molar-refractivity contribution in [2.75, 3.05) is 0 Å². The third kappa shape index (κ3) is 1.06. The van der Waals surface area contributed by atoms with Crippen LogP contribution >= 0.6 is 11.8 Å². The maximum atomic E-state index is 4.78. The smallest absolute Gasteiger partial charge is 0.168 e. The maximum absolute atomic E-state index is 4.78. The van der Waals surface area contributed by atoms with Gasteiger partial charge < -0.3 is 4.90 Å². The van der Waals surface area contributed by atoms with Crippen LogP contribution in [-0.4, -0.2) is 22.2 Å². The Morgan fingerprint density at radius 3 is 3.23 bits per heavy atom. The van der Waals surface area contributed by atoms with Crippen molar-refractivity contribution >= 4 is 16.9 Å². The van der Waals surface area contributed by atoms with E-state index in [1.165, 1.54) is 36.5 Å². The predicted molar refractivity (Wildman–Crippen MR) is 56.7 cm³/mol. The molecule has 0 bridgehead atoms. The summed E-state index contributed by atoms with van der Waals surface area (Å²) in [5.74, 6) is 0. The second kappa shape index (κ2) is 2.77. The van der Waals surface area contributed by atoms with E-state index in [1.807, 2.05) is 0 Å². The molecule has 0 N–H and O–H groups in total. The molecular formula is C10H14N2S. The normalized spacial score (nSPS) is 36.8. The highest BCUT2D eigenvalue weighted by Gasteiger charge is 2.40. The van der Waals surface area contributed by atoms with Gasteiger partial charge in [0.05, 0.1) is 12.1 Å². The van der Waals surface area contributed by atoms with Crippen LogP contribution in [0.15, 0.2) is 16.1 Å². The van der Waals surface area contributed by atoms with Crippen molar-refractivity contribution in [1.82, 2.24) is 4.90 Å². The van der Waals surface area contributed by atoms with E-state index in [2.05, 4.69) is 17.2 Å². The number of nitrogens with zero attached hydrogens (tertiary/aromatic N) is 2.